The number of ketones is 1. The highest BCUT2D eigenvalue weighted by Gasteiger charge is 2.20. The molecule has 0 radical (unpaired) electrons. The highest BCUT2D eigenvalue weighted by Crippen LogP contribution is 2.21. The molecule has 1 unspecified atom stereocenters. The monoisotopic (exact) mass is 416 g/mol. The Morgan fingerprint density at radius 1 is 1.14 bits per heavy atom. The van der Waals surface area contributed by atoms with Crippen molar-refractivity contribution in [2.45, 2.75) is 25.9 Å². The first-order chi connectivity index (χ1) is 14.0. The summed E-state index contributed by atoms with van der Waals surface area (Å²) in [5, 5.41) is 11.1. The lowest BCUT2D eigenvalue weighted by Crippen LogP contribution is -2.49. The van der Waals surface area contributed by atoms with Gasteiger partial charge in [0, 0.05) is 49.9 Å². The van der Waals surface area contributed by atoms with Gasteiger partial charge >= 0.3 is 0 Å². The van der Waals surface area contributed by atoms with E-state index in [1.54, 1.807) is 6.92 Å². The van der Waals surface area contributed by atoms with Crippen molar-refractivity contribution in [3.05, 3.63) is 59.1 Å². The number of nitrogens with zero attached hydrogens (tertiary/aromatic N) is 2. The summed E-state index contributed by atoms with van der Waals surface area (Å²) in [7, 11) is 0. The van der Waals surface area contributed by atoms with E-state index in [-0.39, 0.29) is 12.4 Å². The number of rotatable bonds is 9. The van der Waals surface area contributed by atoms with Crippen molar-refractivity contribution in [3.8, 4) is 5.75 Å². The van der Waals surface area contributed by atoms with E-state index < -0.39 is 6.10 Å². The van der Waals surface area contributed by atoms with Crippen molar-refractivity contribution < 1.29 is 14.6 Å². The van der Waals surface area contributed by atoms with Crippen LogP contribution in [-0.4, -0.2) is 61.2 Å². The van der Waals surface area contributed by atoms with Crippen molar-refractivity contribution in [1.29, 1.82) is 0 Å². The van der Waals surface area contributed by atoms with Crippen LogP contribution < -0.4 is 9.64 Å². The molecule has 0 aliphatic carbocycles. The van der Waals surface area contributed by atoms with Gasteiger partial charge in [-0.3, -0.25) is 4.90 Å². The molecule has 156 valence electrons. The molecule has 1 atom stereocenters. The third-order valence-corrected chi connectivity index (χ3v) is 5.38. The van der Waals surface area contributed by atoms with E-state index >= 15 is 0 Å². The van der Waals surface area contributed by atoms with Crippen LogP contribution in [0.1, 0.15) is 18.9 Å². The van der Waals surface area contributed by atoms with E-state index in [4.69, 9.17) is 16.3 Å². The molecule has 0 saturated carbocycles. The van der Waals surface area contributed by atoms with Crippen molar-refractivity contribution in [2.75, 3.05) is 44.2 Å². The van der Waals surface area contributed by atoms with Crippen LogP contribution >= 0.6 is 11.6 Å². The first kappa shape index (κ1) is 21.6. The number of aliphatic hydroxyl groups is 1. The van der Waals surface area contributed by atoms with Crippen LogP contribution in [0.15, 0.2) is 48.5 Å². The summed E-state index contributed by atoms with van der Waals surface area (Å²) < 4.78 is 5.72. The average molecular weight is 417 g/mol. The number of halogens is 1. The molecule has 1 N–H and O–H groups in total. The number of carbonyl (C=O) groups excluding carboxylic acids is 1. The maximum atomic E-state index is 11.1. The molecule has 1 aliphatic heterocycles. The summed E-state index contributed by atoms with van der Waals surface area (Å²) in [5.74, 6) is 0.934. The zero-order valence-corrected chi connectivity index (χ0v) is 17.6. The van der Waals surface area contributed by atoms with Gasteiger partial charge in [-0.1, -0.05) is 29.8 Å². The minimum atomic E-state index is -0.537. The van der Waals surface area contributed by atoms with Crippen molar-refractivity contribution in [1.82, 2.24) is 4.90 Å². The number of β-amino-alcohol motifs (C(OH)–C–C–N with tert-alkyl or cyclic N) is 1. The van der Waals surface area contributed by atoms with Gasteiger partial charge < -0.3 is 19.5 Å². The lowest BCUT2D eigenvalue weighted by molar-refractivity contribution is -0.116. The largest absolute Gasteiger partial charge is 0.491 e. The van der Waals surface area contributed by atoms with Crippen LogP contribution in [0, 0.1) is 0 Å². The Morgan fingerprint density at radius 2 is 1.86 bits per heavy atom. The van der Waals surface area contributed by atoms with E-state index in [1.807, 2.05) is 42.5 Å². The van der Waals surface area contributed by atoms with Gasteiger partial charge in [0.15, 0.2) is 0 Å². The number of carbonyl (C=O) groups is 1. The number of benzene rings is 2. The Kier molecular flexibility index (Phi) is 7.92. The van der Waals surface area contributed by atoms with Crippen molar-refractivity contribution in [2.24, 2.45) is 0 Å². The van der Waals surface area contributed by atoms with E-state index in [1.165, 1.54) is 0 Å². The third kappa shape index (κ3) is 7.03. The summed E-state index contributed by atoms with van der Waals surface area (Å²) in [6, 6.07) is 15.7. The molecule has 1 fully saturated rings. The lowest BCUT2D eigenvalue weighted by Gasteiger charge is -2.36. The molecule has 0 spiro atoms. The van der Waals surface area contributed by atoms with Gasteiger partial charge in [0.25, 0.3) is 0 Å². The Bertz CT molecular complexity index is 789. The number of anilines is 1. The molecule has 3 rings (SSSR count). The minimum Gasteiger partial charge on any atom is -0.491 e. The number of Topliss-reactive ketones (excluding diaryl/α,β-unsaturated/α-hetero) is 1. The fraction of sp³-hybridized carbons (Fsp3) is 0.435. The first-order valence-electron chi connectivity index (χ1n) is 10.1. The first-order valence-corrected chi connectivity index (χ1v) is 10.5. The summed E-state index contributed by atoms with van der Waals surface area (Å²) in [6.07, 6.45) is 0.771. The number of hydrogen-bond donors (Lipinski definition) is 1. The van der Waals surface area contributed by atoms with Gasteiger partial charge in [-0.2, -0.15) is 0 Å². The fourth-order valence-electron chi connectivity index (χ4n) is 3.48. The molecule has 2 aromatic carbocycles. The zero-order valence-electron chi connectivity index (χ0n) is 16.9. The predicted molar refractivity (Wildman–Crippen MR) is 117 cm³/mol. The molecule has 6 heteroatoms. The Hall–Kier alpha value is -2.08. The molecule has 1 aliphatic rings. The van der Waals surface area contributed by atoms with Gasteiger partial charge in [0.05, 0.1) is 0 Å². The SMILES string of the molecule is CC(=O)CCc1ccc(OCC(O)CN2CCN(c3cccc(Cl)c3)CC2)cc1. The number of hydrogen-bond acceptors (Lipinski definition) is 5. The predicted octanol–water partition coefficient (Wildman–Crippen LogP) is 3.42. The quantitative estimate of drug-likeness (QED) is 0.678. The normalized spacial score (nSPS) is 15.9. The Morgan fingerprint density at radius 3 is 2.52 bits per heavy atom. The highest BCUT2D eigenvalue weighted by atomic mass is 35.5. The topological polar surface area (TPSA) is 53.0 Å². The van der Waals surface area contributed by atoms with Gasteiger partial charge in [0.2, 0.25) is 0 Å². The Labute approximate surface area is 177 Å². The second-order valence-electron chi connectivity index (χ2n) is 7.58. The van der Waals surface area contributed by atoms with E-state index in [2.05, 4.69) is 15.9 Å². The zero-order chi connectivity index (χ0) is 20.6. The maximum Gasteiger partial charge on any atom is 0.130 e. The van der Waals surface area contributed by atoms with E-state index in [9.17, 15) is 9.90 Å². The summed E-state index contributed by atoms with van der Waals surface area (Å²) >= 11 is 6.09. The molecule has 5 nitrogen and oxygen atoms in total. The third-order valence-electron chi connectivity index (χ3n) is 5.15. The molecular formula is C23H29ClN2O3. The standard InChI is InChI=1S/C23H29ClN2O3/c1-18(27)5-6-19-7-9-23(10-8-19)29-17-22(28)16-25-11-13-26(14-12-25)21-4-2-3-20(24)15-21/h2-4,7-10,15,22,28H,5-6,11-14,16-17H2,1H3. The van der Waals surface area contributed by atoms with Gasteiger partial charge in [-0.15, -0.1) is 0 Å². The van der Waals surface area contributed by atoms with Gasteiger partial charge in [0.1, 0.15) is 24.2 Å². The molecule has 29 heavy (non-hydrogen) atoms. The second-order valence-corrected chi connectivity index (χ2v) is 8.01. The van der Waals surface area contributed by atoms with Crippen LogP contribution in [0.4, 0.5) is 5.69 Å². The molecule has 2 aromatic rings. The number of aliphatic hydroxyl groups excluding tert-OH is 1. The average Bonchev–Trinajstić information content (AvgIpc) is 2.72. The molecule has 0 aromatic heterocycles. The van der Waals surface area contributed by atoms with Crippen LogP contribution in [0.25, 0.3) is 0 Å². The number of ether oxygens (including phenoxy) is 1. The van der Waals surface area contributed by atoms with Crippen LogP contribution in [-0.2, 0) is 11.2 Å². The van der Waals surface area contributed by atoms with E-state index in [0.29, 0.717) is 13.0 Å². The maximum absolute atomic E-state index is 11.1. The lowest BCUT2D eigenvalue weighted by atomic mass is 10.1. The second kappa shape index (κ2) is 10.6. The minimum absolute atomic E-state index is 0.196. The summed E-state index contributed by atoms with van der Waals surface area (Å²) in [4.78, 5) is 15.6. The van der Waals surface area contributed by atoms with Crippen LogP contribution in [0.3, 0.4) is 0 Å². The molecular weight excluding hydrogens is 388 g/mol. The summed E-state index contributed by atoms with van der Waals surface area (Å²) in [6.45, 7) is 6.09. The van der Waals surface area contributed by atoms with Gasteiger partial charge in [-0.25, -0.2) is 0 Å². The molecule has 1 heterocycles. The van der Waals surface area contributed by atoms with E-state index in [0.717, 1.165) is 54.6 Å². The van der Waals surface area contributed by atoms with Crippen molar-refractivity contribution in [3.63, 3.8) is 0 Å². The fourth-order valence-corrected chi connectivity index (χ4v) is 3.66. The Balaban J connectivity index is 1.38. The highest BCUT2D eigenvalue weighted by molar-refractivity contribution is 6.30. The molecule has 1 saturated heterocycles. The van der Waals surface area contributed by atoms with Crippen molar-refractivity contribution >= 4 is 23.1 Å². The molecule has 0 amide bonds. The molecule has 0 bridgehead atoms. The number of aryl methyl sites for hydroxylation is 1. The van der Waals surface area contributed by atoms with Gasteiger partial charge in [-0.05, 0) is 49.2 Å². The van der Waals surface area contributed by atoms with Crippen LogP contribution in [0.2, 0.25) is 5.02 Å². The smallest absolute Gasteiger partial charge is 0.130 e. The van der Waals surface area contributed by atoms with Crippen LogP contribution in [0.5, 0.6) is 5.75 Å². The summed E-state index contributed by atoms with van der Waals surface area (Å²) in [5.41, 5.74) is 2.26. The number of piperazine rings is 1.